The molecule has 0 aliphatic heterocycles. The van der Waals surface area contributed by atoms with Gasteiger partial charge in [-0.05, 0) is 49.2 Å². The molecule has 7 nitrogen and oxygen atoms in total. The number of anilines is 1. The minimum atomic E-state index is -4.87. The Kier molecular flexibility index (Phi) is 9.86. The molecule has 3 aromatic carbocycles. The van der Waals surface area contributed by atoms with Crippen molar-refractivity contribution >= 4 is 39.1 Å². The third-order valence-corrected chi connectivity index (χ3v) is 8.38. The molecule has 0 unspecified atom stereocenters. The molecule has 0 fully saturated rings. The van der Waals surface area contributed by atoms with Gasteiger partial charge in [-0.2, -0.15) is 13.2 Å². The average molecular weight is 596 g/mol. The Morgan fingerprint density at radius 2 is 1.62 bits per heavy atom. The van der Waals surface area contributed by atoms with Crippen LogP contribution in [0, 0.1) is 6.92 Å². The largest absolute Gasteiger partial charge is 0.417 e. The normalized spacial score (nSPS) is 12.5. The van der Waals surface area contributed by atoms with Gasteiger partial charge >= 0.3 is 6.18 Å². The first-order chi connectivity index (χ1) is 18.8. The van der Waals surface area contributed by atoms with Gasteiger partial charge in [-0.1, -0.05) is 66.6 Å². The lowest BCUT2D eigenvalue weighted by Crippen LogP contribution is -2.51. The van der Waals surface area contributed by atoms with E-state index in [0.717, 1.165) is 17.7 Å². The van der Waals surface area contributed by atoms with E-state index in [1.165, 1.54) is 36.2 Å². The molecule has 40 heavy (non-hydrogen) atoms. The molecule has 3 rings (SSSR count). The van der Waals surface area contributed by atoms with Gasteiger partial charge in [0.25, 0.3) is 10.0 Å². The van der Waals surface area contributed by atoms with Gasteiger partial charge < -0.3 is 10.2 Å². The van der Waals surface area contributed by atoms with Gasteiger partial charge in [-0.3, -0.25) is 13.9 Å². The Morgan fingerprint density at radius 1 is 1.00 bits per heavy atom. The van der Waals surface area contributed by atoms with Crippen LogP contribution in [0.25, 0.3) is 0 Å². The molecule has 3 aromatic rings. The van der Waals surface area contributed by atoms with Gasteiger partial charge in [-0.25, -0.2) is 8.42 Å². The van der Waals surface area contributed by atoms with Crippen molar-refractivity contribution in [2.24, 2.45) is 0 Å². The average Bonchev–Trinajstić information content (AvgIpc) is 2.91. The van der Waals surface area contributed by atoms with Crippen molar-refractivity contribution in [3.8, 4) is 0 Å². The Morgan fingerprint density at radius 3 is 2.17 bits per heavy atom. The van der Waals surface area contributed by atoms with Crippen LogP contribution in [0.15, 0.2) is 77.7 Å². The van der Waals surface area contributed by atoms with Crippen molar-refractivity contribution in [2.45, 2.75) is 43.9 Å². The topological polar surface area (TPSA) is 86.8 Å². The van der Waals surface area contributed by atoms with Crippen LogP contribution in [-0.2, 0) is 32.3 Å². The van der Waals surface area contributed by atoms with Crippen LogP contribution < -0.4 is 9.62 Å². The van der Waals surface area contributed by atoms with Crippen LogP contribution in [0.1, 0.15) is 30.0 Å². The standard InChI is InChI=1S/C28H29ClF3N3O4S/c1-4-25(27(37)33-3)34(17-20-8-6-5-7-9-20)26(36)18-35(40(38,39)22-13-10-19(2)11-14-22)21-12-15-24(29)23(16-21)28(30,31)32/h5-16,25H,4,17-18H2,1-3H3,(H,33,37)/t25-/m0/s1. The first-order valence-corrected chi connectivity index (χ1v) is 14.1. The summed E-state index contributed by atoms with van der Waals surface area (Å²) in [5.41, 5.74) is -0.214. The van der Waals surface area contributed by atoms with Crippen LogP contribution in [-0.4, -0.2) is 44.8 Å². The minimum absolute atomic E-state index is 0.0293. The summed E-state index contributed by atoms with van der Waals surface area (Å²) in [5, 5.41) is 1.89. The van der Waals surface area contributed by atoms with Gasteiger partial charge in [0, 0.05) is 13.6 Å². The molecule has 0 bridgehead atoms. The third-order valence-electron chi connectivity index (χ3n) is 6.26. The summed E-state index contributed by atoms with van der Waals surface area (Å²) in [5.74, 6) is -1.25. The van der Waals surface area contributed by atoms with Gasteiger partial charge in [0.05, 0.1) is 21.2 Å². The summed E-state index contributed by atoms with van der Waals surface area (Å²) in [6, 6.07) is 16.1. The van der Waals surface area contributed by atoms with Crippen molar-refractivity contribution < 1.29 is 31.2 Å². The molecule has 0 aliphatic rings. The Hall–Kier alpha value is -3.57. The van der Waals surface area contributed by atoms with E-state index in [1.54, 1.807) is 44.2 Å². The number of amides is 2. The molecular weight excluding hydrogens is 567 g/mol. The van der Waals surface area contributed by atoms with Gasteiger partial charge in [0.1, 0.15) is 12.6 Å². The zero-order valence-electron chi connectivity index (χ0n) is 22.1. The highest BCUT2D eigenvalue weighted by Crippen LogP contribution is 2.38. The van der Waals surface area contributed by atoms with Crippen molar-refractivity contribution in [3.63, 3.8) is 0 Å². The molecule has 0 radical (unpaired) electrons. The molecule has 12 heteroatoms. The Bertz CT molecular complexity index is 1450. The highest BCUT2D eigenvalue weighted by Gasteiger charge is 2.37. The first kappa shape index (κ1) is 31.0. The fourth-order valence-corrected chi connectivity index (χ4v) is 5.75. The number of sulfonamides is 1. The summed E-state index contributed by atoms with van der Waals surface area (Å²) < 4.78 is 69.3. The van der Waals surface area contributed by atoms with E-state index in [2.05, 4.69) is 5.32 Å². The number of carbonyl (C=O) groups is 2. The fraction of sp³-hybridized carbons (Fsp3) is 0.286. The molecule has 1 N–H and O–H groups in total. The number of carbonyl (C=O) groups excluding carboxylic acids is 2. The highest BCUT2D eigenvalue weighted by molar-refractivity contribution is 7.92. The number of benzene rings is 3. The van der Waals surface area contributed by atoms with E-state index in [4.69, 9.17) is 11.6 Å². The number of aryl methyl sites for hydroxylation is 1. The first-order valence-electron chi connectivity index (χ1n) is 12.3. The maximum atomic E-state index is 13.8. The van der Waals surface area contributed by atoms with E-state index in [9.17, 15) is 31.2 Å². The second kappa shape index (κ2) is 12.7. The summed E-state index contributed by atoms with van der Waals surface area (Å²) >= 11 is 5.78. The van der Waals surface area contributed by atoms with Crippen molar-refractivity contribution in [1.29, 1.82) is 0 Å². The number of likely N-dealkylation sites (N-methyl/N-ethyl adjacent to an activating group) is 1. The van der Waals surface area contributed by atoms with E-state index >= 15 is 0 Å². The number of nitrogens with one attached hydrogen (secondary N) is 1. The molecular formula is C28H29ClF3N3O4S. The summed E-state index contributed by atoms with van der Waals surface area (Å²) in [6.07, 6.45) is -4.66. The molecule has 0 aliphatic carbocycles. The number of halogens is 4. The van der Waals surface area contributed by atoms with E-state index in [0.29, 0.717) is 15.9 Å². The molecule has 0 saturated carbocycles. The molecule has 0 spiro atoms. The van der Waals surface area contributed by atoms with Crippen molar-refractivity contribution in [3.05, 3.63) is 94.5 Å². The highest BCUT2D eigenvalue weighted by atomic mass is 35.5. The van der Waals surface area contributed by atoms with Crippen LogP contribution in [0.5, 0.6) is 0 Å². The quantitative estimate of drug-likeness (QED) is 0.339. The zero-order valence-corrected chi connectivity index (χ0v) is 23.6. The van der Waals surface area contributed by atoms with Crippen LogP contribution in [0.3, 0.4) is 0 Å². The maximum Gasteiger partial charge on any atom is 0.417 e. The lowest BCUT2D eigenvalue weighted by atomic mass is 10.1. The van der Waals surface area contributed by atoms with E-state index < -0.39 is 56.9 Å². The third kappa shape index (κ3) is 7.14. The lowest BCUT2D eigenvalue weighted by molar-refractivity contribution is -0.140. The van der Waals surface area contributed by atoms with Gasteiger partial charge in [0.2, 0.25) is 11.8 Å². The molecule has 2 amide bonds. The van der Waals surface area contributed by atoms with Crippen LogP contribution in [0.4, 0.5) is 18.9 Å². The molecule has 1 atom stereocenters. The van der Waals surface area contributed by atoms with Crippen molar-refractivity contribution in [1.82, 2.24) is 10.2 Å². The smallest absolute Gasteiger partial charge is 0.357 e. The van der Waals surface area contributed by atoms with Crippen LogP contribution in [0.2, 0.25) is 5.02 Å². The van der Waals surface area contributed by atoms with E-state index in [1.807, 2.05) is 0 Å². The number of rotatable bonds is 10. The molecule has 0 saturated heterocycles. The number of hydrogen-bond donors (Lipinski definition) is 1. The molecule has 0 heterocycles. The van der Waals surface area contributed by atoms with Gasteiger partial charge in [-0.15, -0.1) is 0 Å². The fourth-order valence-electron chi connectivity index (χ4n) is 4.12. The minimum Gasteiger partial charge on any atom is -0.357 e. The van der Waals surface area contributed by atoms with E-state index in [-0.39, 0.29) is 17.9 Å². The summed E-state index contributed by atoms with van der Waals surface area (Å²) in [7, 11) is -3.12. The Labute approximate surface area is 236 Å². The second-order valence-corrected chi connectivity index (χ2v) is 11.3. The predicted molar refractivity (Wildman–Crippen MR) is 147 cm³/mol. The van der Waals surface area contributed by atoms with Crippen LogP contribution >= 0.6 is 11.6 Å². The maximum absolute atomic E-state index is 13.8. The number of alkyl halides is 3. The summed E-state index contributed by atoms with van der Waals surface area (Å²) in [4.78, 5) is 27.5. The zero-order chi connectivity index (χ0) is 29.7. The summed E-state index contributed by atoms with van der Waals surface area (Å²) in [6.45, 7) is 2.55. The monoisotopic (exact) mass is 595 g/mol. The number of nitrogens with zero attached hydrogens (tertiary/aromatic N) is 2. The predicted octanol–water partition coefficient (Wildman–Crippen LogP) is 5.42. The molecule has 0 aromatic heterocycles. The SMILES string of the molecule is CC[C@@H](C(=O)NC)N(Cc1ccccc1)C(=O)CN(c1ccc(Cl)c(C(F)(F)F)c1)S(=O)(=O)c1ccc(C)cc1. The van der Waals surface area contributed by atoms with Gasteiger partial charge in [0.15, 0.2) is 0 Å². The Balaban J connectivity index is 2.14. The molecule has 214 valence electrons. The second-order valence-electron chi connectivity index (χ2n) is 9.03. The lowest BCUT2D eigenvalue weighted by Gasteiger charge is -2.33. The number of hydrogen-bond acceptors (Lipinski definition) is 4. The van der Waals surface area contributed by atoms with Crippen molar-refractivity contribution in [2.75, 3.05) is 17.9 Å².